The van der Waals surface area contributed by atoms with Gasteiger partial charge in [0.1, 0.15) is 6.29 Å². The van der Waals surface area contributed by atoms with Gasteiger partial charge in [0.25, 0.3) is 0 Å². The number of hydrogen-bond acceptors (Lipinski definition) is 3. The molecule has 0 spiro atoms. The van der Waals surface area contributed by atoms with E-state index in [2.05, 4.69) is 0 Å². The minimum Gasteiger partial charge on any atom is -0.353 e. The summed E-state index contributed by atoms with van der Waals surface area (Å²) in [6.07, 6.45) is 7.23. The fourth-order valence-corrected chi connectivity index (χ4v) is 1.79. The van der Waals surface area contributed by atoms with Crippen LogP contribution in [0, 0.1) is 5.92 Å². The fraction of sp³-hybridized carbons (Fsp3) is 0.923. The Hall–Kier alpha value is -0.410. The predicted octanol–water partition coefficient (Wildman–Crippen LogP) is 3.17. The topological polar surface area (TPSA) is 35.5 Å². The standard InChI is InChI=1S/C7H12O.C6H14O2/c8-6-7-4-2-1-3-5-7;1-4-7-6(3)8-5-2/h6-7H,1-5H2;6H,4-5H2,1-3H3. The second-order valence-corrected chi connectivity index (χ2v) is 4.01. The Bertz CT molecular complexity index is 147. The molecular formula is C13H26O3. The summed E-state index contributed by atoms with van der Waals surface area (Å²) in [5.74, 6) is 0.406. The van der Waals surface area contributed by atoms with Gasteiger partial charge in [-0.2, -0.15) is 0 Å². The maximum Gasteiger partial charge on any atom is 0.154 e. The van der Waals surface area contributed by atoms with Gasteiger partial charge in [0.15, 0.2) is 6.29 Å². The van der Waals surface area contributed by atoms with Crippen LogP contribution in [-0.2, 0) is 14.3 Å². The van der Waals surface area contributed by atoms with E-state index in [0.717, 1.165) is 32.3 Å². The maximum atomic E-state index is 10.2. The molecule has 0 bridgehead atoms. The summed E-state index contributed by atoms with van der Waals surface area (Å²) >= 11 is 0. The van der Waals surface area contributed by atoms with Crippen molar-refractivity contribution in [1.82, 2.24) is 0 Å². The number of carbonyl (C=O) groups is 1. The quantitative estimate of drug-likeness (QED) is 0.537. The van der Waals surface area contributed by atoms with Crippen molar-refractivity contribution < 1.29 is 14.3 Å². The summed E-state index contributed by atoms with van der Waals surface area (Å²) in [6.45, 7) is 7.25. The third-order valence-electron chi connectivity index (χ3n) is 2.65. The van der Waals surface area contributed by atoms with E-state index in [1.165, 1.54) is 19.3 Å². The van der Waals surface area contributed by atoms with Gasteiger partial charge in [0, 0.05) is 19.1 Å². The molecule has 3 heteroatoms. The van der Waals surface area contributed by atoms with Gasteiger partial charge in [0.2, 0.25) is 0 Å². The van der Waals surface area contributed by atoms with E-state index in [4.69, 9.17) is 9.47 Å². The Morgan fingerprint density at radius 3 is 1.94 bits per heavy atom. The zero-order valence-corrected chi connectivity index (χ0v) is 10.9. The molecule has 0 aromatic rings. The predicted molar refractivity (Wildman–Crippen MR) is 65.4 cm³/mol. The molecule has 0 aliphatic heterocycles. The molecule has 1 rings (SSSR count). The van der Waals surface area contributed by atoms with Crippen LogP contribution in [0.4, 0.5) is 0 Å². The second kappa shape index (κ2) is 11.1. The molecule has 0 heterocycles. The Morgan fingerprint density at radius 2 is 1.62 bits per heavy atom. The van der Waals surface area contributed by atoms with Gasteiger partial charge in [-0.15, -0.1) is 0 Å². The zero-order valence-electron chi connectivity index (χ0n) is 10.9. The van der Waals surface area contributed by atoms with Gasteiger partial charge < -0.3 is 14.3 Å². The lowest BCUT2D eigenvalue weighted by atomic mass is 9.91. The molecule has 0 aromatic heterocycles. The molecule has 0 saturated heterocycles. The number of carbonyl (C=O) groups excluding carboxylic acids is 1. The molecule has 1 aliphatic carbocycles. The summed E-state index contributed by atoms with van der Waals surface area (Å²) in [4.78, 5) is 10.2. The summed E-state index contributed by atoms with van der Waals surface area (Å²) in [5, 5.41) is 0. The summed E-state index contributed by atoms with van der Waals surface area (Å²) in [5.41, 5.74) is 0. The lowest BCUT2D eigenvalue weighted by Gasteiger charge is -2.14. The lowest BCUT2D eigenvalue weighted by molar-refractivity contribution is -0.123. The van der Waals surface area contributed by atoms with Gasteiger partial charge in [-0.05, 0) is 33.6 Å². The molecular weight excluding hydrogens is 204 g/mol. The van der Waals surface area contributed by atoms with Crippen LogP contribution in [0.1, 0.15) is 52.9 Å². The Balaban J connectivity index is 0.000000281. The zero-order chi connectivity index (χ0) is 12.2. The van der Waals surface area contributed by atoms with Crippen LogP contribution >= 0.6 is 0 Å². The highest BCUT2D eigenvalue weighted by atomic mass is 16.7. The molecule has 1 fully saturated rings. The SMILES string of the molecule is CCOC(C)OCC.O=CC1CCCCC1. The molecule has 0 unspecified atom stereocenters. The first kappa shape index (κ1) is 15.6. The van der Waals surface area contributed by atoms with Gasteiger partial charge in [-0.3, -0.25) is 0 Å². The number of ether oxygens (including phenoxy) is 2. The van der Waals surface area contributed by atoms with Crippen LogP contribution in [0.15, 0.2) is 0 Å². The molecule has 1 aliphatic rings. The first-order chi connectivity index (χ1) is 7.74. The number of hydrogen-bond donors (Lipinski definition) is 0. The molecule has 96 valence electrons. The summed E-state index contributed by atoms with van der Waals surface area (Å²) < 4.78 is 10.1. The van der Waals surface area contributed by atoms with Crippen LogP contribution in [-0.4, -0.2) is 25.8 Å². The van der Waals surface area contributed by atoms with Crippen molar-refractivity contribution in [1.29, 1.82) is 0 Å². The number of rotatable bonds is 5. The van der Waals surface area contributed by atoms with Crippen LogP contribution in [0.25, 0.3) is 0 Å². The largest absolute Gasteiger partial charge is 0.353 e. The van der Waals surface area contributed by atoms with E-state index in [-0.39, 0.29) is 6.29 Å². The Kier molecular flexibility index (Phi) is 10.8. The normalized spacial score (nSPS) is 16.8. The van der Waals surface area contributed by atoms with E-state index in [1.807, 2.05) is 20.8 Å². The van der Waals surface area contributed by atoms with Gasteiger partial charge >= 0.3 is 0 Å². The van der Waals surface area contributed by atoms with Gasteiger partial charge in [0.05, 0.1) is 0 Å². The summed E-state index contributed by atoms with van der Waals surface area (Å²) in [6, 6.07) is 0. The molecule has 16 heavy (non-hydrogen) atoms. The van der Waals surface area contributed by atoms with Crippen molar-refractivity contribution in [2.24, 2.45) is 5.92 Å². The van der Waals surface area contributed by atoms with Crippen molar-refractivity contribution in [2.45, 2.75) is 59.2 Å². The van der Waals surface area contributed by atoms with Gasteiger partial charge in [-0.25, -0.2) is 0 Å². The van der Waals surface area contributed by atoms with E-state index in [9.17, 15) is 4.79 Å². The van der Waals surface area contributed by atoms with Crippen molar-refractivity contribution in [3.05, 3.63) is 0 Å². The smallest absolute Gasteiger partial charge is 0.154 e. The van der Waals surface area contributed by atoms with Crippen molar-refractivity contribution >= 4 is 6.29 Å². The van der Waals surface area contributed by atoms with Crippen molar-refractivity contribution in [3.63, 3.8) is 0 Å². The maximum absolute atomic E-state index is 10.2. The molecule has 1 saturated carbocycles. The van der Waals surface area contributed by atoms with E-state index in [1.54, 1.807) is 0 Å². The van der Waals surface area contributed by atoms with Crippen molar-refractivity contribution in [2.75, 3.05) is 13.2 Å². The van der Waals surface area contributed by atoms with E-state index >= 15 is 0 Å². The first-order valence-corrected chi connectivity index (χ1v) is 6.43. The minimum atomic E-state index is -0.0370. The average molecular weight is 230 g/mol. The van der Waals surface area contributed by atoms with Gasteiger partial charge in [-0.1, -0.05) is 19.3 Å². The highest BCUT2D eigenvalue weighted by Gasteiger charge is 2.10. The third kappa shape index (κ3) is 8.86. The lowest BCUT2D eigenvalue weighted by Crippen LogP contribution is -2.11. The molecule has 0 radical (unpaired) electrons. The minimum absolute atomic E-state index is 0.0370. The Labute approximate surface area is 99.5 Å². The molecule has 0 aromatic carbocycles. The molecule has 0 N–H and O–H groups in total. The average Bonchev–Trinajstić information content (AvgIpc) is 2.32. The monoisotopic (exact) mass is 230 g/mol. The molecule has 0 atom stereocenters. The van der Waals surface area contributed by atoms with Crippen LogP contribution < -0.4 is 0 Å². The second-order valence-electron chi connectivity index (χ2n) is 4.01. The summed E-state index contributed by atoms with van der Waals surface area (Å²) in [7, 11) is 0. The first-order valence-electron chi connectivity index (χ1n) is 6.43. The third-order valence-corrected chi connectivity index (χ3v) is 2.65. The van der Waals surface area contributed by atoms with Crippen LogP contribution in [0.2, 0.25) is 0 Å². The van der Waals surface area contributed by atoms with Crippen molar-refractivity contribution in [3.8, 4) is 0 Å². The number of aldehydes is 1. The Morgan fingerprint density at radius 1 is 1.12 bits per heavy atom. The van der Waals surface area contributed by atoms with E-state index in [0.29, 0.717) is 5.92 Å². The molecule has 3 nitrogen and oxygen atoms in total. The van der Waals surface area contributed by atoms with E-state index < -0.39 is 0 Å². The van der Waals surface area contributed by atoms with Crippen LogP contribution in [0.3, 0.4) is 0 Å². The highest BCUT2D eigenvalue weighted by molar-refractivity contribution is 5.53. The fourth-order valence-electron chi connectivity index (χ4n) is 1.79. The van der Waals surface area contributed by atoms with Crippen LogP contribution in [0.5, 0.6) is 0 Å². The highest BCUT2D eigenvalue weighted by Crippen LogP contribution is 2.21. The molecule has 0 amide bonds.